The third kappa shape index (κ3) is 2.70. The smallest absolute Gasteiger partial charge is 0.134 e. The molecule has 1 unspecified atom stereocenters. The Hall–Kier alpha value is -1.40. The fourth-order valence-corrected chi connectivity index (χ4v) is 2.02. The normalized spacial score (nSPS) is 19.9. The Balaban J connectivity index is 2.21. The predicted molar refractivity (Wildman–Crippen MR) is 72.0 cm³/mol. The van der Waals surface area contributed by atoms with Crippen molar-refractivity contribution < 1.29 is 4.74 Å². The summed E-state index contributed by atoms with van der Waals surface area (Å²) in [6.07, 6.45) is 1.61. The second kappa shape index (κ2) is 5.97. The quantitative estimate of drug-likeness (QED) is 0.818. The van der Waals surface area contributed by atoms with Gasteiger partial charge in [0.25, 0.3) is 0 Å². The van der Waals surface area contributed by atoms with Crippen LogP contribution in [0, 0.1) is 0 Å². The molecule has 0 bridgehead atoms. The third-order valence-electron chi connectivity index (χ3n) is 3.30. The van der Waals surface area contributed by atoms with Crippen molar-refractivity contribution in [3.63, 3.8) is 0 Å². The van der Waals surface area contributed by atoms with Crippen LogP contribution in [0.4, 0.5) is 11.6 Å². The molecule has 100 valence electrons. The molecule has 0 spiro atoms. The number of ether oxygens (including phenoxy) is 1. The molecule has 1 aliphatic rings. The number of nitrogens with two attached hydrogens (primary N) is 1. The monoisotopic (exact) mass is 251 g/mol. The Morgan fingerprint density at radius 1 is 1.56 bits per heavy atom. The van der Waals surface area contributed by atoms with E-state index in [1.165, 1.54) is 0 Å². The number of rotatable bonds is 4. The van der Waals surface area contributed by atoms with Crippen LogP contribution in [0.5, 0.6) is 0 Å². The van der Waals surface area contributed by atoms with Crippen molar-refractivity contribution >= 4 is 11.6 Å². The van der Waals surface area contributed by atoms with Gasteiger partial charge in [0.2, 0.25) is 0 Å². The summed E-state index contributed by atoms with van der Waals surface area (Å²) in [4.78, 5) is 12.9. The van der Waals surface area contributed by atoms with Gasteiger partial charge in [-0.2, -0.15) is 0 Å². The Labute approximate surface area is 108 Å². The first-order valence-corrected chi connectivity index (χ1v) is 6.34. The minimum Gasteiger partial charge on any atom is -0.377 e. The van der Waals surface area contributed by atoms with E-state index >= 15 is 0 Å². The largest absolute Gasteiger partial charge is 0.377 e. The minimum atomic E-state index is 0.202. The van der Waals surface area contributed by atoms with Gasteiger partial charge in [-0.15, -0.1) is 0 Å². The molecule has 0 saturated carbocycles. The van der Waals surface area contributed by atoms with Crippen molar-refractivity contribution in [3.8, 4) is 0 Å². The standard InChI is InChI=1S/C12H21N5O/c1-3-16(2)11-6-12(15-9-14-11)17-4-5-18-8-10(17)7-13/h6,9-10H,3-5,7-8,13H2,1-2H3. The Morgan fingerprint density at radius 3 is 3.11 bits per heavy atom. The minimum absolute atomic E-state index is 0.202. The summed E-state index contributed by atoms with van der Waals surface area (Å²) in [5, 5.41) is 0. The molecule has 1 aliphatic heterocycles. The van der Waals surface area contributed by atoms with Gasteiger partial charge in [0.1, 0.15) is 18.0 Å². The van der Waals surface area contributed by atoms with Crippen LogP contribution in [0.3, 0.4) is 0 Å². The van der Waals surface area contributed by atoms with Gasteiger partial charge in [-0.1, -0.05) is 0 Å². The highest BCUT2D eigenvalue weighted by atomic mass is 16.5. The van der Waals surface area contributed by atoms with Gasteiger partial charge in [0.05, 0.1) is 19.3 Å². The van der Waals surface area contributed by atoms with Gasteiger partial charge < -0.3 is 20.3 Å². The number of aromatic nitrogens is 2. The van der Waals surface area contributed by atoms with Crippen LogP contribution >= 0.6 is 0 Å². The van der Waals surface area contributed by atoms with Gasteiger partial charge in [0.15, 0.2) is 0 Å². The molecular formula is C12H21N5O. The maximum Gasteiger partial charge on any atom is 0.134 e. The molecule has 2 N–H and O–H groups in total. The zero-order chi connectivity index (χ0) is 13.0. The van der Waals surface area contributed by atoms with Crippen molar-refractivity contribution in [1.29, 1.82) is 0 Å². The lowest BCUT2D eigenvalue weighted by molar-refractivity contribution is 0.0958. The predicted octanol–water partition coefficient (Wildman–Crippen LogP) is 0.0966. The topological polar surface area (TPSA) is 67.5 Å². The van der Waals surface area contributed by atoms with Crippen LogP contribution < -0.4 is 15.5 Å². The van der Waals surface area contributed by atoms with E-state index in [-0.39, 0.29) is 6.04 Å². The highest BCUT2D eigenvalue weighted by Crippen LogP contribution is 2.20. The average Bonchev–Trinajstić information content (AvgIpc) is 2.46. The number of anilines is 2. The summed E-state index contributed by atoms with van der Waals surface area (Å²) >= 11 is 0. The van der Waals surface area contributed by atoms with E-state index in [4.69, 9.17) is 10.5 Å². The van der Waals surface area contributed by atoms with Crippen LogP contribution in [0.25, 0.3) is 0 Å². The SMILES string of the molecule is CCN(C)c1cc(N2CCOCC2CN)ncn1. The lowest BCUT2D eigenvalue weighted by Gasteiger charge is -2.36. The number of nitrogens with zero attached hydrogens (tertiary/aromatic N) is 4. The van der Waals surface area contributed by atoms with Crippen molar-refractivity contribution in [2.45, 2.75) is 13.0 Å². The van der Waals surface area contributed by atoms with Crippen molar-refractivity contribution in [3.05, 3.63) is 12.4 Å². The molecular weight excluding hydrogens is 230 g/mol. The van der Waals surface area contributed by atoms with E-state index in [1.807, 2.05) is 13.1 Å². The number of hydrogen-bond acceptors (Lipinski definition) is 6. The summed E-state index contributed by atoms with van der Waals surface area (Å²) in [6, 6.07) is 2.21. The average molecular weight is 251 g/mol. The summed E-state index contributed by atoms with van der Waals surface area (Å²) in [7, 11) is 2.02. The Kier molecular flexibility index (Phi) is 4.33. The molecule has 6 nitrogen and oxygen atoms in total. The lowest BCUT2D eigenvalue weighted by atomic mass is 10.2. The highest BCUT2D eigenvalue weighted by Gasteiger charge is 2.23. The fourth-order valence-electron chi connectivity index (χ4n) is 2.02. The molecule has 6 heteroatoms. The van der Waals surface area contributed by atoms with Crippen LogP contribution in [-0.2, 0) is 4.74 Å². The maximum absolute atomic E-state index is 5.78. The van der Waals surface area contributed by atoms with E-state index in [2.05, 4.69) is 26.7 Å². The van der Waals surface area contributed by atoms with Crippen molar-refractivity contribution in [1.82, 2.24) is 9.97 Å². The molecule has 0 radical (unpaired) electrons. The van der Waals surface area contributed by atoms with Gasteiger partial charge in [-0.05, 0) is 6.92 Å². The second-order valence-electron chi connectivity index (χ2n) is 4.41. The summed E-state index contributed by atoms with van der Waals surface area (Å²) in [5.41, 5.74) is 5.78. The van der Waals surface area contributed by atoms with Gasteiger partial charge in [-0.3, -0.25) is 0 Å². The van der Waals surface area contributed by atoms with Gasteiger partial charge in [0, 0.05) is 32.7 Å². The van der Waals surface area contributed by atoms with Crippen LogP contribution in [-0.4, -0.2) is 55.9 Å². The molecule has 1 fully saturated rings. The zero-order valence-electron chi connectivity index (χ0n) is 11.0. The summed E-state index contributed by atoms with van der Waals surface area (Å²) in [6.45, 7) is 5.80. The number of hydrogen-bond donors (Lipinski definition) is 1. The molecule has 2 heterocycles. The summed E-state index contributed by atoms with van der Waals surface area (Å²) in [5.74, 6) is 1.86. The van der Waals surface area contributed by atoms with Gasteiger partial charge in [-0.25, -0.2) is 9.97 Å². The molecule has 1 saturated heterocycles. The second-order valence-corrected chi connectivity index (χ2v) is 4.41. The Bertz CT molecular complexity index is 386. The lowest BCUT2D eigenvalue weighted by Crippen LogP contribution is -2.49. The van der Waals surface area contributed by atoms with E-state index in [9.17, 15) is 0 Å². The molecule has 0 amide bonds. The number of morpholine rings is 1. The van der Waals surface area contributed by atoms with Gasteiger partial charge >= 0.3 is 0 Å². The van der Waals surface area contributed by atoms with E-state index in [0.717, 1.165) is 31.3 Å². The molecule has 0 aromatic carbocycles. The first kappa shape index (κ1) is 13.0. The molecule has 0 aliphatic carbocycles. The van der Waals surface area contributed by atoms with E-state index in [0.29, 0.717) is 13.2 Å². The van der Waals surface area contributed by atoms with Crippen molar-refractivity contribution in [2.24, 2.45) is 5.73 Å². The Morgan fingerprint density at radius 2 is 2.39 bits per heavy atom. The fraction of sp³-hybridized carbons (Fsp3) is 0.667. The van der Waals surface area contributed by atoms with Crippen LogP contribution in [0.2, 0.25) is 0 Å². The summed E-state index contributed by atoms with van der Waals surface area (Å²) < 4.78 is 5.45. The van der Waals surface area contributed by atoms with E-state index < -0.39 is 0 Å². The van der Waals surface area contributed by atoms with Crippen molar-refractivity contribution in [2.75, 3.05) is 49.7 Å². The third-order valence-corrected chi connectivity index (χ3v) is 3.30. The van der Waals surface area contributed by atoms with Crippen LogP contribution in [0.1, 0.15) is 6.92 Å². The first-order chi connectivity index (χ1) is 8.76. The highest BCUT2D eigenvalue weighted by molar-refractivity contribution is 5.50. The van der Waals surface area contributed by atoms with E-state index in [1.54, 1.807) is 6.33 Å². The molecule has 1 aromatic rings. The molecule has 1 atom stereocenters. The molecule has 1 aromatic heterocycles. The van der Waals surface area contributed by atoms with Crippen LogP contribution in [0.15, 0.2) is 12.4 Å². The molecule has 2 rings (SSSR count). The molecule has 18 heavy (non-hydrogen) atoms. The first-order valence-electron chi connectivity index (χ1n) is 6.34. The zero-order valence-corrected chi connectivity index (χ0v) is 11.0. The maximum atomic E-state index is 5.78.